The molecule has 0 aromatic heterocycles. The van der Waals surface area contributed by atoms with Crippen molar-refractivity contribution in [1.82, 2.24) is 5.32 Å². The number of halogens is 2. The van der Waals surface area contributed by atoms with Crippen molar-refractivity contribution in [2.24, 2.45) is 5.41 Å². The molecule has 1 aromatic rings. The Morgan fingerprint density at radius 3 is 2.36 bits per heavy atom. The van der Waals surface area contributed by atoms with Gasteiger partial charge in [-0.2, -0.15) is 8.78 Å². The first-order valence-electron chi connectivity index (χ1n) is 7.07. The molecule has 0 aliphatic heterocycles. The Morgan fingerprint density at radius 1 is 1.27 bits per heavy atom. The molecule has 0 spiro atoms. The summed E-state index contributed by atoms with van der Waals surface area (Å²) < 4.78 is 24.5. The number of quaternary nitrogens is 1. The van der Waals surface area contributed by atoms with E-state index < -0.39 is 5.76 Å². The van der Waals surface area contributed by atoms with Crippen LogP contribution < -0.4 is 15.5 Å². The molecule has 7 heteroatoms. The molecule has 0 unspecified atom stereocenters. The highest BCUT2D eigenvalue weighted by Gasteiger charge is 2.21. The minimum absolute atomic E-state index is 0.127. The Hall–Kier alpha value is -0.920. The second kappa shape index (κ2) is 8.64. The molecule has 0 amide bonds. The first-order chi connectivity index (χ1) is 10.2. The van der Waals surface area contributed by atoms with Crippen LogP contribution in [0.15, 0.2) is 29.2 Å². The Kier molecular flexibility index (Phi) is 7.52. The van der Waals surface area contributed by atoms with Crippen LogP contribution >= 0.6 is 24.0 Å². The van der Waals surface area contributed by atoms with Crippen molar-refractivity contribution >= 4 is 34.8 Å². The van der Waals surface area contributed by atoms with Crippen molar-refractivity contribution in [3.63, 3.8) is 0 Å². The molecule has 0 saturated heterocycles. The number of rotatable bonds is 7. The van der Waals surface area contributed by atoms with Gasteiger partial charge in [0.05, 0.1) is 20.6 Å². The SMILES string of the molecule is C[NH+](C)CC(C)(C)CNC(=S)Nc1ccc(SC(F)F)cc1. The summed E-state index contributed by atoms with van der Waals surface area (Å²) in [7, 11) is 4.24. The number of hydrogen-bond donors (Lipinski definition) is 3. The molecule has 0 heterocycles. The highest BCUT2D eigenvalue weighted by atomic mass is 32.2. The number of alkyl halides is 2. The number of hydrogen-bond acceptors (Lipinski definition) is 2. The highest BCUT2D eigenvalue weighted by Crippen LogP contribution is 2.26. The van der Waals surface area contributed by atoms with E-state index >= 15 is 0 Å². The maximum absolute atomic E-state index is 12.2. The molecule has 3 N–H and O–H groups in total. The summed E-state index contributed by atoms with van der Waals surface area (Å²) >= 11 is 5.80. The maximum atomic E-state index is 12.2. The molecule has 0 saturated carbocycles. The predicted molar refractivity (Wildman–Crippen MR) is 94.0 cm³/mol. The van der Waals surface area contributed by atoms with E-state index in [9.17, 15) is 8.78 Å². The van der Waals surface area contributed by atoms with Crippen molar-refractivity contribution in [3.05, 3.63) is 24.3 Å². The number of thioether (sulfide) groups is 1. The van der Waals surface area contributed by atoms with Gasteiger partial charge >= 0.3 is 0 Å². The first-order valence-corrected chi connectivity index (χ1v) is 8.35. The smallest absolute Gasteiger partial charge is 0.288 e. The highest BCUT2D eigenvalue weighted by molar-refractivity contribution is 7.99. The minimum atomic E-state index is -2.40. The molecule has 1 rings (SSSR count). The van der Waals surface area contributed by atoms with Crippen molar-refractivity contribution in [2.45, 2.75) is 24.5 Å². The molecule has 0 aliphatic carbocycles. The molecule has 124 valence electrons. The molecule has 0 radical (unpaired) electrons. The minimum Gasteiger partial charge on any atom is -0.362 e. The molecule has 3 nitrogen and oxygen atoms in total. The van der Waals surface area contributed by atoms with Crippen LogP contribution in [-0.4, -0.2) is 38.1 Å². The first kappa shape index (κ1) is 19.1. The summed E-state index contributed by atoms with van der Waals surface area (Å²) in [6.45, 7) is 6.17. The van der Waals surface area contributed by atoms with E-state index in [1.807, 2.05) is 0 Å². The van der Waals surface area contributed by atoms with E-state index in [2.05, 4.69) is 38.6 Å². The van der Waals surface area contributed by atoms with Crippen molar-refractivity contribution in [3.8, 4) is 0 Å². The summed E-state index contributed by atoms with van der Waals surface area (Å²) in [5, 5.41) is 6.81. The van der Waals surface area contributed by atoms with Gasteiger partial charge < -0.3 is 15.5 Å². The Morgan fingerprint density at radius 2 is 1.86 bits per heavy atom. The summed E-state index contributed by atoms with van der Waals surface area (Å²) in [6.07, 6.45) is 0. The Balaban J connectivity index is 2.45. The summed E-state index contributed by atoms with van der Waals surface area (Å²) in [6, 6.07) is 6.80. The topological polar surface area (TPSA) is 28.5 Å². The van der Waals surface area contributed by atoms with Gasteiger partial charge in [0.1, 0.15) is 0 Å². The molecule has 0 aliphatic rings. The van der Waals surface area contributed by atoms with Gasteiger partial charge in [-0.25, -0.2) is 0 Å². The number of nitrogens with one attached hydrogen (secondary N) is 3. The lowest BCUT2D eigenvalue weighted by atomic mass is 9.93. The molecular formula is C15H24F2N3S2+. The van der Waals surface area contributed by atoms with E-state index in [0.29, 0.717) is 21.8 Å². The Bertz CT molecular complexity index is 476. The Labute approximate surface area is 140 Å². The van der Waals surface area contributed by atoms with Gasteiger partial charge in [0.25, 0.3) is 5.76 Å². The molecule has 0 atom stereocenters. The predicted octanol–water partition coefficient (Wildman–Crippen LogP) is 2.46. The third-order valence-corrected chi connectivity index (χ3v) is 3.87. The van der Waals surface area contributed by atoms with Crippen molar-refractivity contribution in [1.29, 1.82) is 0 Å². The zero-order chi connectivity index (χ0) is 16.8. The van der Waals surface area contributed by atoms with Crippen LogP contribution in [-0.2, 0) is 0 Å². The summed E-state index contributed by atoms with van der Waals surface area (Å²) in [4.78, 5) is 1.92. The number of thiocarbonyl (C=S) groups is 1. The van der Waals surface area contributed by atoms with Crippen LogP contribution in [0.1, 0.15) is 13.8 Å². The summed E-state index contributed by atoms with van der Waals surface area (Å²) in [5.74, 6) is -2.40. The molecule has 1 aromatic carbocycles. The lowest BCUT2D eigenvalue weighted by Gasteiger charge is -2.26. The van der Waals surface area contributed by atoms with E-state index in [1.54, 1.807) is 24.3 Å². The van der Waals surface area contributed by atoms with Crippen LogP contribution in [0.3, 0.4) is 0 Å². The normalized spacial score (nSPS) is 11.8. The van der Waals surface area contributed by atoms with Gasteiger partial charge in [-0.1, -0.05) is 25.6 Å². The third-order valence-electron chi connectivity index (χ3n) is 2.90. The van der Waals surface area contributed by atoms with E-state index in [1.165, 1.54) is 4.90 Å². The summed E-state index contributed by atoms with van der Waals surface area (Å²) in [5.41, 5.74) is 0.912. The van der Waals surface area contributed by atoms with Gasteiger partial charge in [0.15, 0.2) is 5.11 Å². The quantitative estimate of drug-likeness (QED) is 0.521. The molecule has 22 heavy (non-hydrogen) atoms. The fourth-order valence-corrected chi connectivity index (χ4v) is 2.92. The lowest BCUT2D eigenvalue weighted by molar-refractivity contribution is -0.865. The zero-order valence-electron chi connectivity index (χ0n) is 13.4. The van der Waals surface area contributed by atoms with Crippen molar-refractivity contribution < 1.29 is 13.7 Å². The average Bonchev–Trinajstić information content (AvgIpc) is 2.37. The van der Waals surface area contributed by atoms with Crippen molar-refractivity contribution in [2.75, 3.05) is 32.5 Å². The van der Waals surface area contributed by atoms with Gasteiger partial charge in [0, 0.05) is 22.5 Å². The van der Waals surface area contributed by atoms with Crippen LogP contribution in [0.5, 0.6) is 0 Å². The molecule has 0 bridgehead atoms. The van der Waals surface area contributed by atoms with Gasteiger partial charge in [-0.15, -0.1) is 0 Å². The van der Waals surface area contributed by atoms with Gasteiger partial charge in [-0.3, -0.25) is 0 Å². The monoisotopic (exact) mass is 348 g/mol. The van der Waals surface area contributed by atoms with E-state index in [0.717, 1.165) is 18.8 Å². The molecule has 0 fully saturated rings. The fourth-order valence-electron chi connectivity index (χ4n) is 2.23. The lowest BCUT2D eigenvalue weighted by Crippen LogP contribution is -3.07. The van der Waals surface area contributed by atoms with Gasteiger partial charge in [0.2, 0.25) is 0 Å². The van der Waals surface area contributed by atoms with Crippen LogP contribution in [0.25, 0.3) is 0 Å². The second-order valence-electron chi connectivity index (χ2n) is 6.26. The fraction of sp³-hybridized carbons (Fsp3) is 0.533. The standard InChI is InChI=1S/C15H23F2N3S2/c1-15(2,10-20(3)4)9-18-14(21)19-11-5-7-12(8-6-11)22-13(16)17/h5-8,13H,9-10H2,1-4H3,(H2,18,19,21)/p+1. The molecular weight excluding hydrogens is 324 g/mol. The third kappa shape index (κ3) is 7.91. The van der Waals surface area contributed by atoms with Gasteiger partial charge in [-0.05, 0) is 36.5 Å². The van der Waals surface area contributed by atoms with Crippen LogP contribution in [0, 0.1) is 5.41 Å². The zero-order valence-corrected chi connectivity index (χ0v) is 15.0. The van der Waals surface area contributed by atoms with E-state index in [4.69, 9.17) is 12.2 Å². The van der Waals surface area contributed by atoms with Crippen LogP contribution in [0.2, 0.25) is 0 Å². The maximum Gasteiger partial charge on any atom is 0.288 e. The van der Waals surface area contributed by atoms with Crippen LogP contribution in [0.4, 0.5) is 14.5 Å². The largest absolute Gasteiger partial charge is 0.362 e. The average molecular weight is 349 g/mol. The number of anilines is 1. The number of benzene rings is 1. The second-order valence-corrected chi connectivity index (χ2v) is 7.73. The van der Waals surface area contributed by atoms with E-state index in [-0.39, 0.29) is 5.41 Å².